The van der Waals surface area contributed by atoms with Crippen molar-refractivity contribution >= 4 is 17.9 Å². The van der Waals surface area contributed by atoms with Crippen molar-refractivity contribution in [1.29, 1.82) is 0 Å². The third kappa shape index (κ3) is 3.75. The van der Waals surface area contributed by atoms with Gasteiger partial charge in [-0.2, -0.15) is 0 Å². The third-order valence-corrected chi connectivity index (χ3v) is 3.81. The van der Waals surface area contributed by atoms with E-state index in [9.17, 15) is 14.4 Å². The van der Waals surface area contributed by atoms with E-state index >= 15 is 0 Å². The molecule has 0 unspecified atom stereocenters. The average Bonchev–Trinajstić information content (AvgIpc) is 2.40. The first-order valence-corrected chi connectivity index (χ1v) is 7.25. The van der Waals surface area contributed by atoms with Gasteiger partial charge in [0.05, 0.1) is 0 Å². The molecule has 0 heterocycles. The molecule has 6 heteroatoms. The predicted molar refractivity (Wildman–Crippen MR) is 76.5 cm³/mol. The monoisotopic (exact) mass is 308 g/mol. The molecule has 0 aromatic heterocycles. The highest BCUT2D eigenvalue weighted by atomic mass is 16.6. The molecule has 0 aromatic rings. The molecule has 2 aliphatic carbocycles. The Morgan fingerprint density at radius 3 is 1.77 bits per heavy atom. The summed E-state index contributed by atoms with van der Waals surface area (Å²) in [5, 5.41) is 0. The van der Waals surface area contributed by atoms with Crippen molar-refractivity contribution in [3.8, 4) is 0 Å². The zero-order chi connectivity index (χ0) is 16.3. The van der Waals surface area contributed by atoms with Crippen molar-refractivity contribution in [2.45, 2.75) is 45.5 Å². The second-order valence-corrected chi connectivity index (χ2v) is 5.51. The fraction of sp³-hybridized carbons (Fsp3) is 0.562. The summed E-state index contributed by atoms with van der Waals surface area (Å²) in [4.78, 5) is 33.9. The number of carbonyl (C=O) groups excluding carboxylic acids is 3. The molecule has 2 rings (SSSR count). The quantitative estimate of drug-likeness (QED) is 0.447. The Bertz CT molecular complexity index is 521. The molecular formula is C16H20O6. The molecule has 0 saturated carbocycles. The summed E-state index contributed by atoms with van der Waals surface area (Å²) in [5.74, 6) is -1.57. The van der Waals surface area contributed by atoms with Crippen molar-refractivity contribution in [3.05, 3.63) is 24.3 Å². The Kier molecular flexibility index (Phi) is 5.00. The Hall–Kier alpha value is -2.11. The van der Waals surface area contributed by atoms with Gasteiger partial charge in [-0.15, -0.1) is 0 Å². The van der Waals surface area contributed by atoms with Crippen LogP contribution in [0.1, 0.15) is 27.2 Å². The van der Waals surface area contributed by atoms with Gasteiger partial charge in [0, 0.05) is 32.6 Å². The fourth-order valence-electron chi connectivity index (χ4n) is 3.11. The largest absolute Gasteiger partial charge is 0.458 e. The van der Waals surface area contributed by atoms with Crippen LogP contribution in [0.2, 0.25) is 0 Å². The maximum absolute atomic E-state index is 11.3. The van der Waals surface area contributed by atoms with Crippen LogP contribution >= 0.6 is 0 Å². The lowest BCUT2D eigenvalue weighted by Crippen LogP contribution is -2.48. The first-order chi connectivity index (χ1) is 10.4. The second-order valence-electron chi connectivity index (χ2n) is 5.51. The molecule has 5 atom stereocenters. The van der Waals surface area contributed by atoms with E-state index in [1.807, 2.05) is 6.08 Å². The van der Waals surface area contributed by atoms with Crippen molar-refractivity contribution in [2.75, 3.05) is 0 Å². The lowest BCUT2D eigenvalue weighted by molar-refractivity contribution is -0.165. The van der Waals surface area contributed by atoms with E-state index in [1.165, 1.54) is 20.8 Å². The van der Waals surface area contributed by atoms with E-state index < -0.39 is 30.3 Å². The molecule has 0 saturated heterocycles. The van der Waals surface area contributed by atoms with Gasteiger partial charge in [-0.05, 0) is 24.6 Å². The van der Waals surface area contributed by atoms with Crippen molar-refractivity contribution in [2.24, 2.45) is 11.8 Å². The Labute approximate surface area is 129 Å². The number of esters is 3. The minimum Gasteiger partial charge on any atom is -0.458 e. The van der Waals surface area contributed by atoms with Gasteiger partial charge in [0.15, 0.2) is 0 Å². The lowest BCUT2D eigenvalue weighted by atomic mass is 9.71. The number of fused-ring (bicyclic) bond motifs is 1. The molecule has 0 spiro atoms. The standard InChI is InChI=1S/C16H20O6/c1-9(17)20-13-7-8-15(22-11(3)19)16-12(13)5-4-6-14(16)21-10(2)18/h4,6-8,12-16H,5H2,1-3H3/t12-,13-,14-,15+,16+/m0/s1. The highest BCUT2D eigenvalue weighted by molar-refractivity contribution is 5.67. The molecule has 0 radical (unpaired) electrons. The van der Waals surface area contributed by atoms with Crippen molar-refractivity contribution < 1.29 is 28.6 Å². The van der Waals surface area contributed by atoms with Crippen LogP contribution in [-0.2, 0) is 28.6 Å². The van der Waals surface area contributed by atoms with Crippen LogP contribution in [0, 0.1) is 11.8 Å². The van der Waals surface area contributed by atoms with Crippen LogP contribution in [-0.4, -0.2) is 36.2 Å². The molecule has 0 aliphatic heterocycles. The number of hydrogen-bond donors (Lipinski definition) is 0. The van der Waals surface area contributed by atoms with E-state index in [1.54, 1.807) is 18.2 Å². The van der Waals surface area contributed by atoms with Gasteiger partial charge in [0.2, 0.25) is 0 Å². The lowest BCUT2D eigenvalue weighted by Gasteiger charge is -2.42. The molecule has 0 fully saturated rings. The van der Waals surface area contributed by atoms with Gasteiger partial charge in [0.1, 0.15) is 18.3 Å². The number of ether oxygens (including phenoxy) is 3. The van der Waals surface area contributed by atoms with E-state index in [0.29, 0.717) is 6.42 Å². The van der Waals surface area contributed by atoms with Crippen LogP contribution in [0.15, 0.2) is 24.3 Å². The first kappa shape index (κ1) is 16.3. The van der Waals surface area contributed by atoms with Gasteiger partial charge in [0.25, 0.3) is 0 Å². The first-order valence-electron chi connectivity index (χ1n) is 7.25. The summed E-state index contributed by atoms with van der Waals surface area (Å²) in [7, 11) is 0. The van der Waals surface area contributed by atoms with Crippen LogP contribution in [0.25, 0.3) is 0 Å². The summed E-state index contributed by atoms with van der Waals surface area (Å²) in [5.41, 5.74) is 0. The zero-order valence-electron chi connectivity index (χ0n) is 12.9. The third-order valence-electron chi connectivity index (χ3n) is 3.81. The maximum Gasteiger partial charge on any atom is 0.303 e. The maximum atomic E-state index is 11.3. The summed E-state index contributed by atoms with van der Waals surface area (Å²) in [6.07, 6.45) is 6.34. The smallest absolute Gasteiger partial charge is 0.303 e. The average molecular weight is 308 g/mol. The molecule has 22 heavy (non-hydrogen) atoms. The minimum absolute atomic E-state index is 0.104. The van der Waals surface area contributed by atoms with Crippen LogP contribution < -0.4 is 0 Å². The van der Waals surface area contributed by atoms with Crippen molar-refractivity contribution in [3.63, 3.8) is 0 Å². The van der Waals surface area contributed by atoms with Gasteiger partial charge in [-0.3, -0.25) is 14.4 Å². The van der Waals surface area contributed by atoms with E-state index in [2.05, 4.69) is 0 Å². The molecular weight excluding hydrogens is 288 g/mol. The molecule has 0 aromatic carbocycles. The van der Waals surface area contributed by atoms with E-state index in [4.69, 9.17) is 14.2 Å². The molecule has 0 bridgehead atoms. The molecule has 0 amide bonds. The van der Waals surface area contributed by atoms with Gasteiger partial charge in [-0.1, -0.05) is 6.08 Å². The summed E-state index contributed by atoms with van der Waals surface area (Å²) < 4.78 is 16.0. The van der Waals surface area contributed by atoms with Gasteiger partial charge >= 0.3 is 17.9 Å². The van der Waals surface area contributed by atoms with Gasteiger partial charge in [-0.25, -0.2) is 0 Å². The summed E-state index contributed by atoms with van der Waals surface area (Å²) in [6.45, 7) is 4.02. The molecule has 2 aliphatic rings. The number of carbonyl (C=O) groups is 3. The summed E-state index contributed by atoms with van der Waals surface area (Å²) in [6, 6.07) is 0. The van der Waals surface area contributed by atoms with Crippen LogP contribution in [0.4, 0.5) is 0 Å². The fourth-order valence-corrected chi connectivity index (χ4v) is 3.11. The van der Waals surface area contributed by atoms with Crippen LogP contribution in [0.5, 0.6) is 0 Å². The summed E-state index contributed by atoms with van der Waals surface area (Å²) >= 11 is 0. The number of rotatable bonds is 3. The Morgan fingerprint density at radius 2 is 1.23 bits per heavy atom. The second kappa shape index (κ2) is 6.77. The Balaban J connectivity index is 2.29. The highest BCUT2D eigenvalue weighted by Gasteiger charge is 2.45. The molecule has 6 nitrogen and oxygen atoms in total. The highest BCUT2D eigenvalue weighted by Crippen LogP contribution is 2.39. The van der Waals surface area contributed by atoms with E-state index in [-0.39, 0.29) is 17.8 Å². The van der Waals surface area contributed by atoms with Crippen LogP contribution in [0.3, 0.4) is 0 Å². The number of allylic oxidation sites excluding steroid dienone is 1. The number of hydrogen-bond acceptors (Lipinski definition) is 6. The normalized spacial score (nSPS) is 32.8. The molecule has 0 N–H and O–H groups in total. The molecule has 120 valence electrons. The van der Waals surface area contributed by atoms with Crippen molar-refractivity contribution in [1.82, 2.24) is 0 Å². The Morgan fingerprint density at radius 1 is 0.773 bits per heavy atom. The van der Waals surface area contributed by atoms with Gasteiger partial charge < -0.3 is 14.2 Å². The topological polar surface area (TPSA) is 78.9 Å². The minimum atomic E-state index is -0.511. The predicted octanol–water partition coefficient (Wildman–Crippen LogP) is 1.54. The van der Waals surface area contributed by atoms with E-state index in [0.717, 1.165) is 0 Å². The SMILES string of the molecule is CC(=O)O[C@H]1C=C[C@@H](OC(C)=O)[C@@H]2[C@H]1CC=C[C@@H]2OC(C)=O. The zero-order valence-corrected chi connectivity index (χ0v) is 12.9.